The molecular formula is C21H30F2O2. The summed E-state index contributed by atoms with van der Waals surface area (Å²) < 4.78 is 39.9. The summed E-state index contributed by atoms with van der Waals surface area (Å²) in [6, 6.07) is 3.27. The minimum atomic E-state index is -0.844. The van der Waals surface area contributed by atoms with E-state index in [1.54, 1.807) is 19.1 Å². The lowest BCUT2D eigenvalue weighted by Gasteiger charge is -2.32. The Morgan fingerprint density at radius 3 is 2.44 bits per heavy atom. The Kier molecular flexibility index (Phi) is 6.32. The maximum absolute atomic E-state index is 14.4. The van der Waals surface area contributed by atoms with Crippen LogP contribution in [0.25, 0.3) is 0 Å². The van der Waals surface area contributed by atoms with Crippen molar-refractivity contribution in [3.05, 3.63) is 29.3 Å². The summed E-state index contributed by atoms with van der Waals surface area (Å²) >= 11 is 0. The van der Waals surface area contributed by atoms with E-state index in [-0.39, 0.29) is 11.7 Å². The summed E-state index contributed by atoms with van der Waals surface area (Å²) in [6.45, 7) is 4.30. The molecule has 0 spiro atoms. The van der Waals surface area contributed by atoms with E-state index in [2.05, 4.69) is 6.92 Å². The molecule has 1 aromatic carbocycles. The Balaban J connectivity index is 1.58. The fraction of sp³-hybridized carbons (Fsp3) is 0.714. The van der Waals surface area contributed by atoms with E-state index >= 15 is 0 Å². The van der Waals surface area contributed by atoms with Crippen molar-refractivity contribution in [3.8, 4) is 5.75 Å². The van der Waals surface area contributed by atoms with Crippen molar-refractivity contribution < 1.29 is 18.3 Å². The molecule has 1 aliphatic carbocycles. The summed E-state index contributed by atoms with van der Waals surface area (Å²) in [7, 11) is 0. The molecule has 25 heavy (non-hydrogen) atoms. The maximum atomic E-state index is 14.4. The van der Waals surface area contributed by atoms with Crippen LogP contribution in [0.2, 0.25) is 0 Å². The SMILES string of the molecule is CCCC1CCC(C2CCC(c3ccc(OCC)c(F)c3F)CC2)O1. The molecule has 2 atom stereocenters. The molecule has 2 fully saturated rings. The van der Waals surface area contributed by atoms with Gasteiger partial charge in [-0.2, -0.15) is 4.39 Å². The third kappa shape index (κ3) is 4.16. The zero-order chi connectivity index (χ0) is 17.8. The lowest BCUT2D eigenvalue weighted by Crippen LogP contribution is -2.26. The van der Waals surface area contributed by atoms with E-state index in [1.165, 1.54) is 12.8 Å². The highest BCUT2D eigenvalue weighted by Crippen LogP contribution is 2.42. The summed E-state index contributed by atoms with van der Waals surface area (Å²) in [5, 5.41) is 0. The summed E-state index contributed by atoms with van der Waals surface area (Å²) in [6.07, 6.45) is 9.38. The molecule has 2 nitrogen and oxygen atoms in total. The lowest BCUT2D eigenvalue weighted by atomic mass is 9.76. The van der Waals surface area contributed by atoms with E-state index in [0.717, 1.165) is 38.5 Å². The van der Waals surface area contributed by atoms with Crippen LogP contribution in [0.15, 0.2) is 12.1 Å². The first-order valence-electron chi connectivity index (χ1n) is 9.90. The van der Waals surface area contributed by atoms with Crippen LogP contribution in [-0.2, 0) is 4.74 Å². The second-order valence-corrected chi connectivity index (χ2v) is 7.49. The van der Waals surface area contributed by atoms with E-state index in [9.17, 15) is 8.78 Å². The van der Waals surface area contributed by atoms with Crippen molar-refractivity contribution >= 4 is 0 Å². The molecule has 0 radical (unpaired) electrons. The van der Waals surface area contributed by atoms with Crippen molar-refractivity contribution in [1.29, 1.82) is 0 Å². The van der Waals surface area contributed by atoms with Crippen LogP contribution >= 0.6 is 0 Å². The van der Waals surface area contributed by atoms with E-state index < -0.39 is 11.6 Å². The van der Waals surface area contributed by atoms with Crippen LogP contribution < -0.4 is 4.74 Å². The summed E-state index contributed by atoms with van der Waals surface area (Å²) in [5.74, 6) is -0.876. The molecular weight excluding hydrogens is 322 g/mol. The fourth-order valence-corrected chi connectivity index (χ4v) is 4.55. The minimum Gasteiger partial charge on any atom is -0.491 e. The van der Waals surface area contributed by atoms with Gasteiger partial charge in [0, 0.05) is 0 Å². The van der Waals surface area contributed by atoms with Gasteiger partial charge < -0.3 is 9.47 Å². The second kappa shape index (κ2) is 8.48. The first-order chi connectivity index (χ1) is 12.1. The van der Waals surface area contributed by atoms with E-state index in [4.69, 9.17) is 9.47 Å². The molecule has 140 valence electrons. The first-order valence-corrected chi connectivity index (χ1v) is 9.90. The molecule has 1 heterocycles. The van der Waals surface area contributed by atoms with E-state index in [1.807, 2.05) is 0 Å². The number of ether oxygens (including phenoxy) is 2. The van der Waals surface area contributed by atoms with Crippen LogP contribution in [0.5, 0.6) is 5.75 Å². The molecule has 0 aromatic heterocycles. The van der Waals surface area contributed by atoms with Crippen LogP contribution in [0.4, 0.5) is 8.78 Å². The fourth-order valence-electron chi connectivity index (χ4n) is 4.55. The normalized spacial score (nSPS) is 29.8. The molecule has 1 saturated heterocycles. The van der Waals surface area contributed by atoms with Gasteiger partial charge in [0.15, 0.2) is 11.6 Å². The Hall–Kier alpha value is -1.16. The van der Waals surface area contributed by atoms with Gasteiger partial charge in [-0.25, -0.2) is 4.39 Å². The third-order valence-electron chi connectivity index (χ3n) is 5.87. The molecule has 0 amide bonds. The van der Waals surface area contributed by atoms with Gasteiger partial charge in [0.2, 0.25) is 5.82 Å². The quantitative estimate of drug-likeness (QED) is 0.626. The van der Waals surface area contributed by atoms with Crippen molar-refractivity contribution in [1.82, 2.24) is 0 Å². The van der Waals surface area contributed by atoms with Gasteiger partial charge in [-0.05, 0) is 75.3 Å². The molecule has 1 aliphatic heterocycles. The summed E-state index contributed by atoms with van der Waals surface area (Å²) in [4.78, 5) is 0. The average Bonchev–Trinajstić information content (AvgIpc) is 3.09. The number of hydrogen-bond acceptors (Lipinski definition) is 2. The minimum absolute atomic E-state index is 0.0127. The second-order valence-electron chi connectivity index (χ2n) is 7.49. The van der Waals surface area contributed by atoms with Gasteiger partial charge in [0.25, 0.3) is 0 Å². The van der Waals surface area contributed by atoms with Gasteiger partial charge >= 0.3 is 0 Å². The van der Waals surface area contributed by atoms with Crippen LogP contribution in [0.1, 0.15) is 76.7 Å². The van der Waals surface area contributed by atoms with Crippen molar-refractivity contribution in [2.75, 3.05) is 6.61 Å². The predicted molar refractivity (Wildman–Crippen MR) is 95.0 cm³/mol. The third-order valence-corrected chi connectivity index (χ3v) is 5.87. The lowest BCUT2D eigenvalue weighted by molar-refractivity contribution is -0.00435. The Morgan fingerprint density at radius 2 is 1.76 bits per heavy atom. The molecule has 1 saturated carbocycles. The Labute approximate surface area is 149 Å². The number of rotatable bonds is 6. The zero-order valence-corrected chi connectivity index (χ0v) is 15.4. The molecule has 2 unspecified atom stereocenters. The molecule has 0 bridgehead atoms. The topological polar surface area (TPSA) is 18.5 Å². The Morgan fingerprint density at radius 1 is 1.00 bits per heavy atom. The van der Waals surface area contributed by atoms with Gasteiger partial charge in [0.05, 0.1) is 18.8 Å². The number of benzene rings is 1. The van der Waals surface area contributed by atoms with Crippen molar-refractivity contribution in [3.63, 3.8) is 0 Å². The average molecular weight is 352 g/mol. The number of halogens is 2. The Bertz CT molecular complexity index is 567. The predicted octanol–water partition coefficient (Wildman–Crippen LogP) is 5.99. The largest absolute Gasteiger partial charge is 0.491 e. The molecule has 3 rings (SSSR count). The van der Waals surface area contributed by atoms with Crippen molar-refractivity contribution in [2.24, 2.45) is 5.92 Å². The van der Waals surface area contributed by atoms with Gasteiger partial charge in [-0.15, -0.1) is 0 Å². The first kappa shape index (κ1) is 18.6. The monoisotopic (exact) mass is 352 g/mol. The van der Waals surface area contributed by atoms with Crippen LogP contribution in [-0.4, -0.2) is 18.8 Å². The highest BCUT2D eigenvalue weighted by atomic mass is 19.2. The molecule has 4 heteroatoms. The van der Waals surface area contributed by atoms with Gasteiger partial charge in [-0.1, -0.05) is 19.4 Å². The maximum Gasteiger partial charge on any atom is 0.200 e. The highest BCUT2D eigenvalue weighted by molar-refractivity contribution is 5.33. The number of hydrogen-bond donors (Lipinski definition) is 0. The smallest absolute Gasteiger partial charge is 0.200 e. The standard InChI is InChI=1S/C21H30F2O2/c1-3-5-16-10-12-18(25-16)15-8-6-14(7-9-15)17-11-13-19(24-4-2)21(23)20(17)22/h11,13-16,18H,3-10,12H2,1-2H3. The molecule has 0 N–H and O–H groups in total. The van der Waals surface area contributed by atoms with Crippen molar-refractivity contribution in [2.45, 2.75) is 83.3 Å². The zero-order valence-electron chi connectivity index (χ0n) is 15.4. The highest BCUT2D eigenvalue weighted by Gasteiger charge is 2.35. The van der Waals surface area contributed by atoms with E-state index in [0.29, 0.717) is 30.3 Å². The van der Waals surface area contributed by atoms with Crippen LogP contribution in [0, 0.1) is 17.6 Å². The van der Waals surface area contributed by atoms with Gasteiger partial charge in [-0.3, -0.25) is 0 Å². The summed E-state index contributed by atoms with van der Waals surface area (Å²) in [5.41, 5.74) is 0.510. The molecule has 1 aromatic rings. The van der Waals surface area contributed by atoms with Crippen LogP contribution in [0.3, 0.4) is 0 Å². The molecule has 2 aliphatic rings. The van der Waals surface area contributed by atoms with Gasteiger partial charge in [0.1, 0.15) is 0 Å².